The van der Waals surface area contributed by atoms with E-state index in [1.54, 1.807) is 30.3 Å². The first-order valence-corrected chi connectivity index (χ1v) is 7.52. The molecule has 2 aromatic rings. The van der Waals surface area contributed by atoms with E-state index in [1.807, 2.05) is 13.8 Å². The Balaban J connectivity index is 2.24. The highest BCUT2D eigenvalue weighted by atomic mass is 16.5. The fourth-order valence-electron chi connectivity index (χ4n) is 2.46. The van der Waals surface area contributed by atoms with Gasteiger partial charge in [-0.3, -0.25) is 4.79 Å². The van der Waals surface area contributed by atoms with Crippen LogP contribution in [0.2, 0.25) is 0 Å². The van der Waals surface area contributed by atoms with Gasteiger partial charge in [0.1, 0.15) is 12.4 Å². The predicted molar refractivity (Wildman–Crippen MR) is 87.6 cm³/mol. The van der Waals surface area contributed by atoms with Gasteiger partial charge in [-0.1, -0.05) is 26.0 Å². The van der Waals surface area contributed by atoms with Crippen molar-refractivity contribution in [2.75, 3.05) is 6.61 Å². The van der Waals surface area contributed by atoms with Crippen LogP contribution < -0.4 is 4.74 Å². The molecular weight excluding hydrogens is 276 g/mol. The molecule has 0 fully saturated rings. The summed E-state index contributed by atoms with van der Waals surface area (Å²) < 4.78 is 6.92. The molecule has 0 saturated carbocycles. The Morgan fingerprint density at radius 2 is 2.00 bits per heavy atom. The van der Waals surface area contributed by atoms with Gasteiger partial charge in [0.25, 0.3) is 5.91 Å². The Kier molecular flexibility index (Phi) is 5.15. The van der Waals surface area contributed by atoms with Crippen molar-refractivity contribution in [1.29, 1.82) is 0 Å². The van der Waals surface area contributed by atoms with Crippen LogP contribution in [0.4, 0.5) is 0 Å². The van der Waals surface area contributed by atoms with Crippen LogP contribution in [0.1, 0.15) is 40.7 Å². The molecule has 1 heterocycles. The van der Waals surface area contributed by atoms with Gasteiger partial charge in [0, 0.05) is 11.3 Å². The van der Waals surface area contributed by atoms with Crippen molar-refractivity contribution < 1.29 is 9.53 Å². The van der Waals surface area contributed by atoms with E-state index in [9.17, 15) is 4.79 Å². The minimum atomic E-state index is -0.113. The lowest BCUT2D eigenvalue weighted by atomic mass is 10.1. The number of hydrogen-bond acceptors (Lipinski definition) is 3. The van der Waals surface area contributed by atoms with E-state index >= 15 is 0 Å². The van der Waals surface area contributed by atoms with E-state index in [0.29, 0.717) is 12.2 Å². The van der Waals surface area contributed by atoms with E-state index < -0.39 is 0 Å². The van der Waals surface area contributed by atoms with Crippen LogP contribution in [0.15, 0.2) is 36.9 Å². The highest BCUT2D eigenvalue weighted by Crippen LogP contribution is 2.18. The molecule has 0 amide bonds. The summed E-state index contributed by atoms with van der Waals surface area (Å²) in [5.41, 5.74) is 3.62. The third-order valence-corrected chi connectivity index (χ3v) is 3.60. The lowest BCUT2D eigenvalue weighted by Gasteiger charge is -2.06. The SMILES string of the molecule is C=CCOc1ccc(C(=O)n2nc(C)c(CCC)c2C)cc1. The first kappa shape index (κ1) is 16.0. The highest BCUT2D eigenvalue weighted by Gasteiger charge is 2.17. The quantitative estimate of drug-likeness (QED) is 0.764. The fourth-order valence-corrected chi connectivity index (χ4v) is 2.46. The number of carbonyl (C=O) groups is 1. The van der Waals surface area contributed by atoms with Gasteiger partial charge in [-0.05, 0) is 50.1 Å². The number of nitrogens with zero attached hydrogens (tertiary/aromatic N) is 2. The Morgan fingerprint density at radius 3 is 2.59 bits per heavy atom. The number of aromatic nitrogens is 2. The van der Waals surface area contributed by atoms with Crippen molar-refractivity contribution in [2.45, 2.75) is 33.6 Å². The lowest BCUT2D eigenvalue weighted by Crippen LogP contribution is -2.15. The first-order valence-electron chi connectivity index (χ1n) is 7.52. The van der Waals surface area contributed by atoms with Gasteiger partial charge in [-0.25, -0.2) is 4.68 Å². The van der Waals surface area contributed by atoms with Gasteiger partial charge in [-0.2, -0.15) is 5.10 Å². The molecule has 22 heavy (non-hydrogen) atoms. The number of rotatable bonds is 6. The van der Waals surface area contributed by atoms with E-state index in [4.69, 9.17) is 4.74 Å². The molecule has 0 aliphatic carbocycles. The summed E-state index contributed by atoms with van der Waals surface area (Å²) in [6.45, 7) is 10.1. The second-order valence-electron chi connectivity index (χ2n) is 5.24. The van der Waals surface area contributed by atoms with Crippen molar-refractivity contribution in [3.05, 3.63) is 59.4 Å². The summed E-state index contributed by atoms with van der Waals surface area (Å²) in [7, 11) is 0. The van der Waals surface area contributed by atoms with Crippen molar-refractivity contribution in [1.82, 2.24) is 9.78 Å². The molecule has 4 heteroatoms. The molecule has 116 valence electrons. The average Bonchev–Trinajstić information content (AvgIpc) is 2.81. The van der Waals surface area contributed by atoms with Gasteiger partial charge in [0.2, 0.25) is 0 Å². The molecule has 1 aromatic heterocycles. The van der Waals surface area contributed by atoms with E-state index in [1.165, 1.54) is 10.2 Å². The van der Waals surface area contributed by atoms with Crippen LogP contribution in [-0.2, 0) is 6.42 Å². The van der Waals surface area contributed by atoms with Crippen molar-refractivity contribution in [3.63, 3.8) is 0 Å². The molecule has 0 radical (unpaired) electrons. The molecule has 4 nitrogen and oxygen atoms in total. The highest BCUT2D eigenvalue weighted by molar-refractivity contribution is 5.96. The normalized spacial score (nSPS) is 10.5. The minimum absolute atomic E-state index is 0.113. The monoisotopic (exact) mass is 298 g/mol. The zero-order valence-electron chi connectivity index (χ0n) is 13.4. The Bertz CT molecular complexity index is 669. The lowest BCUT2D eigenvalue weighted by molar-refractivity contribution is 0.0942. The van der Waals surface area contributed by atoms with Crippen LogP contribution in [0.25, 0.3) is 0 Å². The molecule has 2 rings (SSSR count). The maximum atomic E-state index is 12.6. The number of ether oxygens (including phenoxy) is 1. The zero-order valence-corrected chi connectivity index (χ0v) is 13.4. The number of aryl methyl sites for hydroxylation is 1. The van der Waals surface area contributed by atoms with Crippen molar-refractivity contribution in [2.24, 2.45) is 0 Å². The Morgan fingerprint density at radius 1 is 1.32 bits per heavy atom. The molecule has 0 aliphatic heterocycles. The molecular formula is C18H22N2O2. The first-order chi connectivity index (χ1) is 10.6. The van der Waals surface area contributed by atoms with Crippen molar-refractivity contribution >= 4 is 5.91 Å². The third-order valence-electron chi connectivity index (χ3n) is 3.60. The van der Waals surface area contributed by atoms with Gasteiger partial charge in [0.15, 0.2) is 0 Å². The summed E-state index contributed by atoms with van der Waals surface area (Å²) >= 11 is 0. The molecule has 0 N–H and O–H groups in total. The molecule has 0 saturated heterocycles. The summed E-state index contributed by atoms with van der Waals surface area (Å²) in [5.74, 6) is 0.606. The van der Waals surface area contributed by atoms with Crippen LogP contribution in [0.3, 0.4) is 0 Å². The molecule has 0 unspecified atom stereocenters. The van der Waals surface area contributed by atoms with E-state index in [2.05, 4.69) is 18.6 Å². The number of benzene rings is 1. The number of carbonyl (C=O) groups excluding carboxylic acids is 1. The maximum absolute atomic E-state index is 12.6. The summed E-state index contributed by atoms with van der Waals surface area (Å²) in [6, 6.07) is 7.10. The molecule has 1 aromatic carbocycles. The standard InChI is InChI=1S/C18H22N2O2/c1-5-7-17-13(3)19-20(14(17)4)18(21)15-8-10-16(11-9-15)22-12-6-2/h6,8-11H,2,5,7,12H2,1,3-4H3. The van der Waals surface area contributed by atoms with Crippen LogP contribution in [-0.4, -0.2) is 22.3 Å². The van der Waals surface area contributed by atoms with Crippen molar-refractivity contribution in [3.8, 4) is 5.75 Å². The molecule has 0 atom stereocenters. The van der Waals surface area contributed by atoms with E-state index in [0.717, 1.165) is 30.0 Å². The van der Waals surface area contributed by atoms with Gasteiger partial charge >= 0.3 is 0 Å². The molecule has 0 bridgehead atoms. The summed E-state index contributed by atoms with van der Waals surface area (Å²) in [6.07, 6.45) is 3.67. The third kappa shape index (κ3) is 3.27. The Hall–Kier alpha value is -2.36. The second kappa shape index (κ2) is 7.07. The maximum Gasteiger partial charge on any atom is 0.278 e. The molecule has 0 spiro atoms. The van der Waals surface area contributed by atoms with Crippen LogP contribution in [0.5, 0.6) is 5.75 Å². The Labute approximate surface area is 131 Å². The number of hydrogen-bond donors (Lipinski definition) is 0. The topological polar surface area (TPSA) is 44.1 Å². The van der Waals surface area contributed by atoms with Gasteiger partial charge < -0.3 is 4.74 Å². The largest absolute Gasteiger partial charge is 0.490 e. The average molecular weight is 298 g/mol. The minimum Gasteiger partial charge on any atom is -0.490 e. The van der Waals surface area contributed by atoms with Gasteiger partial charge in [0.05, 0.1) is 5.69 Å². The smallest absolute Gasteiger partial charge is 0.278 e. The fraction of sp³-hybridized carbons (Fsp3) is 0.333. The predicted octanol–water partition coefficient (Wildman–Crippen LogP) is 3.71. The summed E-state index contributed by atoms with van der Waals surface area (Å²) in [5, 5.41) is 4.40. The van der Waals surface area contributed by atoms with E-state index in [-0.39, 0.29) is 5.91 Å². The molecule has 0 aliphatic rings. The van der Waals surface area contributed by atoms with Gasteiger partial charge in [-0.15, -0.1) is 0 Å². The summed E-state index contributed by atoms with van der Waals surface area (Å²) in [4.78, 5) is 12.6. The zero-order chi connectivity index (χ0) is 16.1. The second-order valence-corrected chi connectivity index (χ2v) is 5.24. The van der Waals surface area contributed by atoms with Crippen LogP contribution in [0, 0.1) is 13.8 Å². The van der Waals surface area contributed by atoms with Crippen LogP contribution >= 0.6 is 0 Å².